The highest BCUT2D eigenvalue weighted by molar-refractivity contribution is 7.00. The first-order chi connectivity index (χ1) is 52.3. The second-order valence-corrected chi connectivity index (χ2v) is 34.2. The first kappa shape index (κ1) is 61.1. The average molecular weight is 1370 g/mol. The standard InChI is InChI=1S/C99H90BN5/c1-95(2,3)68-43-48-87-78(56-68)79-57-69(96(4,5)6)44-49-88(79)102(87)73-45-47-82-90(60-73)105(94-76(63-32-21-17-22-33-63)58-72(99(13,14)15)59-77(94)64-34-23-18-24-35-64)92-54-67(66-50-70(97(7,8)9)55-71(51-66)98(10,11)12)53-91-93(92)100(82)81-46-42-65(62-30-19-16-20-31-62)52-89(81)104(91)86-41-29-40-85(80(86)61-101)103-83-38-27-25-36-74(83)75-37-26-28-39-84(75)103/h16-60H,1-15H3/i16D,19D,20D,30D,31D. The van der Waals surface area contributed by atoms with E-state index in [0.717, 1.165) is 111 Å². The minimum atomic E-state index is -0.511. The van der Waals surface area contributed by atoms with Crippen LogP contribution >= 0.6 is 0 Å². The Labute approximate surface area is 627 Å². The van der Waals surface area contributed by atoms with E-state index in [9.17, 15) is 8.00 Å². The summed E-state index contributed by atoms with van der Waals surface area (Å²) in [6, 6.07) is 89.7. The van der Waals surface area contributed by atoms with E-state index in [1.54, 1.807) is 0 Å². The zero-order chi connectivity index (χ0) is 77.3. The van der Waals surface area contributed by atoms with Gasteiger partial charge in [0.05, 0.1) is 46.0 Å². The first-order valence-corrected chi connectivity index (χ1v) is 37.0. The molecule has 6 heteroatoms. The molecule has 2 aliphatic heterocycles. The number of hydrogen-bond acceptors (Lipinski definition) is 3. The van der Waals surface area contributed by atoms with Crippen molar-refractivity contribution in [3.05, 3.63) is 306 Å². The van der Waals surface area contributed by atoms with Crippen molar-refractivity contribution in [2.45, 2.75) is 131 Å². The maximum absolute atomic E-state index is 12.5. The number of nitriles is 1. The van der Waals surface area contributed by atoms with Gasteiger partial charge in [0.25, 0.3) is 6.71 Å². The predicted molar refractivity (Wildman–Crippen MR) is 449 cm³/mol. The normalized spacial score (nSPS) is 13.9. The minimum absolute atomic E-state index is 0.0862. The van der Waals surface area contributed by atoms with Crippen molar-refractivity contribution in [3.63, 3.8) is 0 Å². The highest BCUT2D eigenvalue weighted by atomic mass is 15.2. The molecule has 0 unspecified atom stereocenters. The van der Waals surface area contributed by atoms with Crippen LogP contribution in [0.2, 0.25) is 0 Å². The molecule has 0 amide bonds. The lowest BCUT2D eigenvalue weighted by atomic mass is 9.33. The maximum Gasteiger partial charge on any atom is 0.252 e. The molecule has 0 aliphatic carbocycles. The molecule has 0 atom stereocenters. The lowest BCUT2D eigenvalue weighted by Gasteiger charge is -2.46. The Morgan fingerprint density at radius 2 is 0.762 bits per heavy atom. The van der Waals surface area contributed by atoms with Crippen LogP contribution in [0, 0.1) is 11.3 Å². The Bertz CT molecular complexity index is 6150. The lowest BCUT2D eigenvalue weighted by Crippen LogP contribution is -2.61. The van der Waals surface area contributed by atoms with Crippen molar-refractivity contribution >= 4 is 101 Å². The van der Waals surface area contributed by atoms with Crippen LogP contribution in [0.25, 0.3) is 99.5 Å². The largest absolute Gasteiger partial charge is 0.310 e. The van der Waals surface area contributed by atoms with Crippen molar-refractivity contribution in [2.24, 2.45) is 0 Å². The van der Waals surface area contributed by atoms with E-state index < -0.39 is 24.8 Å². The summed E-state index contributed by atoms with van der Waals surface area (Å²) in [5, 5.41) is 17.0. The van der Waals surface area contributed by atoms with Gasteiger partial charge in [-0.1, -0.05) is 286 Å². The maximum atomic E-state index is 12.5. The molecule has 13 aromatic carbocycles. The van der Waals surface area contributed by atoms with Crippen LogP contribution in [0.5, 0.6) is 0 Å². The van der Waals surface area contributed by atoms with Crippen LogP contribution in [0.3, 0.4) is 0 Å². The fourth-order valence-corrected chi connectivity index (χ4v) is 16.4. The van der Waals surface area contributed by atoms with Gasteiger partial charge in [0.2, 0.25) is 0 Å². The molecule has 4 heterocycles. The van der Waals surface area contributed by atoms with Crippen molar-refractivity contribution in [2.75, 3.05) is 9.80 Å². The van der Waals surface area contributed by atoms with Crippen LogP contribution in [0.15, 0.2) is 273 Å². The molecule has 17 rings (SSSR count). The van der Waals surface area contributed by atoms with Gasteiger partial charge in [-0.2, -0.15) is 5.26 Å². The summed E-state index contributed by atoms with van der Waals surface area (Å²) in [4.78, 5) is 4.87. The summed E-state index contributed by atoms with van der Waals surface area (Å²) in [6.07, 6.45) is 0. The average Bonchev–Trinajstić information content (AvgIpc) is 0.875. The summed E-state index contributed by atoms with van der Waals surface area (Å²) in [7, 11) is 0. The highest BCUT2D eigenvalue weighted by Crippen LogP contribution is 2.54. The Morgan fingerprint density at radius 1 is 0.314 bits per heavy atom. The quantitative estimate of drug-likeness (QED) is 0.142. The Balaban J connectivity index is 1.08. The predicted octanol–water partition coefficient (Wildman–Crippen LogP) is 25.0. The second-order valence-electron chi connectivity index (χ2n) is 34.2. The zero-order valence-corrected chi connectivity index (χ0v) is 62.9. The molecule has 105 heavy (non-hydrogen) atoms. The van der Waals surface area contributed by atoms with Crippen LogP contribution in [0.4, 0.5) is 34.1 Å². The molecular weight excluding hydrogens is 1270 g/mol. The van der Waals surface area contributed by atoms with E-state index in [1.807, 2.05) is 18.2 Å². The van der Waals surface area contributed by atoms with E-state index in [-0.39, 0.29) is 44.7 Å². The number of nitrogens with zero attached hydrogens (tertiary/aromatic N) is 5. The van der Waals surface area contributed by atoms with E-state index in [0.29, 0.717) is 28.2 Å². The van der Waals surface area contributed by atoms with Crippen molar-refractivity contribution in [3.8, 4) is 62.0 Å². The number of aromatic nitrogens is 2. The third-order valence-corrected chi connectivity index (χ3v) is 22.2. The molecule has 2 aliphatic rings. The number of rotatable bonds is 8. The van der Waals surface area contributed by atoms with E-state index in [2.05, 4.69) is 353 Å². The molecular formula is C99H90BN5. The summed E-state index contributed by atoms with van der Waals surface area (Å²) in [6.45, 7) is 33.9. The summed E-state index contributed by atoms with van der Waals surface area (Å²) in [5.74, 6) is 0. The number of para-hydroxylation sites is 2. The Kier molecular flexibility index (Phi) is 14.2. The SMILES string of the molecule is [2H]c1c([2H])c([2H])c(-c2ccc3c(c2)N(c2cccc(-n4c5ccccc5c5ccccc54)c2C#N)c2cc(-c4cc(C(C)(C)C)cc(C(C)(C)C)c4)cc4c2B3c2ccc(-n3c5ccc(C(C)(C)C)cc5c5cc(C(C)(C)C)ccc53)cc2N4c2c(-c3ccccc3)cc(C(C)(C)C)cc2-c2ccccc2)c([2H])c1[2H]. The van der Waals surface area contributed by atoms with Gasteiger partial charge >= 0.3 is 0 Å². The van der Waals surface area contributed by atoms with Crippen LogP contribution < -0.4 is 26.2 Å². The number of benzene rings is 13. The van der Waals surface area contributed by atoms with Gasteiger partial charge < -0.3 is 18.9 Å². The van der Waals surface area contributed by atoms with Gasteiger partial charge in [-0.05, 0) is 196 Å². The fraction of sp³-hybridized carbons (Fsp3) is 0.202. The minimum Gasteiger partial charge on any atom is -0.310 e. The summed E-state index contributed by atoms with van der Waals surface area (Å²) < 4.78 is 51.0. The smallest absolute Gasteiger partial charge is 0.252 e. The van der Waals surface area contributed by atoms with Crippen molar-refractivity contribution in [1.82, 2.24) is 9.13 Å². The summed E-state index contributed by atoms with van der Waals surface area (Å²) in [5.41, 5.74) is 25.9. The van der Waals surface area contributed by atoms with Gasteiger partial charge in [0, 0.05) is 61.1 Å². The van der Waals surface area contributed by atoms with E-state index in [4.69, 9.17) is 4.11 Å². The van der Waals surface area contributed by atoms with Crippen LogP contribution in [-0.2, 0) is 27.1 Å². The molecule has 0 bridgehead atoms. The molecule has 5 nitrogen and oxygen atoms in total. The highest BCUT2D eigenvalue weighted by Gasteiger charge is 2.46. The molecule has 0 N–H and O–H groups in total. The molecule has 0 spiro atoms. The second kappa shape index (κ2) is 24.4. The fourth-order valence-electron chi connectivity index (χ4n) is 16.4. The Morgan fingerprint density at radius 3 is 1.29 bits per heavy atom. The van der Waals surface area contributed by atoms with Gasteiger partial charge in [-0.25, -0.2) is 0 Å². The lowest BCUT2D eigenvalue weighted by molar-refractivity contribution is 0.569. The third kappa shape index (κ3) is 11.2. The zero-order valence-electron chi connectivity index (χ0n) is 67.9. The molecule has 0 radical (unpaired) electrons. The third-order valence-electron chi connectivity index (χ3n) is 22.2. The van der Waals surface area contributed by atoms with Gasteiger partial charge in [0.15, 0.2) is 0 Å². The van der Waals surface area contributed by atoms with Crippen LogP contribution in [0.1, 0.15) is 144 Å². The topological polar surface area (TPSA) is 40.1 Å². The Hall–Kier alpha value is -11.4. The molecule has 15 aromatic rings. The van der Waals surface area contributed by atoms with Crippen molar-refractivity contribution < 1.29 is 6.85 Å². The first-order valence-electron chi connectivity index (χ1n) is 39.5. The van der Waals surface area contributed by atoms with Gasteiger partial charge in [-0.15, -0.1) is 0 Å². The molecule has 0 fully saturated rings. The number of anilines is 6. The molecule has 0 saturated carbocycles. The van der Waals surface area contributed by atoms with Gasteiger partial charge in [0.1, 0.15) is 11.6 Å². The molecule has 514 valence electrons. The van der Waals surface area contributed by atoms with E-state index >= 15 is 0 Å². The van der Waals surface area contributed by atoms with Crippen molar-refractivity contribution in [1.29, 1.82) is 5.26 Å². The number of fused-ring (bicyclic) bond motifs is 10. The molecule has 0 saturated heterocycles. The van der Waals surface area contributed by atoms with Gasteiger partial charge in [-0.3, -0.25) is 0 Å². The van der Waals surface area contributed by atoms with E-state index in [1.165, 1.54) is 38.6 Å². The number of hydrogen-bond donors (Lipinski definition) is 0. The monoisotopic (exact) mass is 1360 g/mol. The summed E-state index contributed by atoms with van der Waals surface area (Å²) >= 11 is 0. The molecule has 2 aromatic heterocycles. The van der Waals surface area contributed by atoms with Crippen LogP contribution in [-0.4, -0.2) is 15.8 Å².